The van der Waals surface area contributed by atoms with Gasteiger partial charge in [-0.25, -0.2) is 4.98 Å². The molecule has 96 valence electrons. The number of nitrogens with one attached hydrogen (secondary N) is 1. The molecule has 0 aromatic carbocycles. The van der Waals surface area contributed by atoms with Crippen molar-refractivity contribution in [1.82, 2.24) is 14.9 Å². The number of imidazole rings is 1. The van der Waals surface area contributed by atoms with Gasteiger partial charge >= 0.3 is 0 Å². The van der Waals surface area contributed by atoms with Crippen LogP contribution in [0.5, 0.6) is 0 Å². The van der Waals surface area contributed by atoms with E-state index in [-0.39, 0.29) is 12.1 Å². The average molecular weight is 237 g/mol. The molecule has 2 unspecified atom stereocenters. The van der Waals surface area contributed by atoms with Crippen molar-refractivity contribution in [3.8, 4) is 0 Å². The minimum absolute atomic E-state index is 0.203. The smallest absolute Gasteiger partial charge is 0.128 e. The van der Waals surface area contributed by atoms with Crippen LogP contribution in [0.2, 0.25) is 0 Å². The third-order valence-corrected chi connectivity index (χ3v) is 3.49. The van der Waals surface area contributed by atoms with Crippen LogP contribution in [0.3, 0.4) is 0 Å². The van der Waals surface area contributed by atoms with Crippen LogP contribution in [-0.2, 0) is 11.3 Å². The lowest BCUT2D eigenvalue weighted by Gasteiger charge is -2.25. The second-order valence-electron chi connectivity index (χ2n) is 4.78. The van der Waals surface area contributed by atoms with E-state index in [1.807, 2.05) is 13.2 Å². The van der Waals surface area contributed by atoms with Crippen LogP contribution in [0.4, 0.5) is 0 Å². The predicted molar refractivity (Wildman–Crippen MR) is 67.8 cm³/mol. The van der Waals surface area contributed by atoms with Gasteiger partial charge in [0, 0.05) is 26.0 Å². The molecular formula is C13H23N3O. The van der Waals surface area contributed by atoms with Crippen molar-refractivity contribution in [1.29, 1.82) is 0 Å². The zero-order chi connectivity index (χ0) is 12.3. The maximum absolute atomic E-state index is 5.67. The summed E-state index contributed by atoms with van der Waals surface area (Å²) in [5.74, 6) is 1.80. The monoisotopic (exact) mass is 237 g/mol. The number of hydrogen-bond acceptors (Lipinski definition) is 3. The summed E-state index contributed by atoms with van der Waals surface area (Å²) < 4.78 is 7.90. The number of likely N-dealkylation sites (N-methyl/N-ethyl adjacent to an activating group) is 1. The topological polar surface area (TPSA) is 39.1 Å². The Hall–Kier alpha value is -0.870. The standard InChI is InChI=1S/C13H23N3O/c1-4-8-16-9-7-15-13(16)11(14-2)12(17-3)10-5-6-10/h7,9-12,14H,4-6,8H2,1-3H3. The van der Waals surface area contributed by atoms with Crippen molar-refractivity contribution in [2.24, 2.45) is 5.92 Å². The molecule has 1 aromatic heterocycles. The Balaban J connectivity index is 2.17. The Morgan fingerprint density at radius 2 is 2.35 bits per heavy atom. The first-order valence-corrected chi connectivity index (χ1v) is 6.52. The SMILES string of the molecule is CCCn1ccnc1C(NC)C(OC)C1CC1. The van der Waals surface area contributed by atoms with E-state index in [4.69, 9.17) is 4.74 Å². The van der Waals surface area contributed by atoms with Gasteiger partial charge in [0.15, 0.2) is 0 Å². The molecule has 0 radical (unpaired) electrons. The number of hydrogen-bond donors (Lipinski definition) is 1. The van der Waals surface area contributed by atoms with E-state index in [1.165, 1.54) is 12.8 Å². The molecular weight excluding hydrogens is 214 g/mol. The van der Waals surface area contributed by atoms with Crippen LogP contribution in [-0.4, -0.2) is 29.8 Å². The number of aryl methyl sites for hydroxylation is 1. The van der Waals surface area contributed by atoms with Crippen molar-refractivity contribution < 1.29 is 4.74 Å². The maximum atomic E-state index is 5.67. The van der Waals surface area contributed by atoms with Gasteiger partial charge in [0.05, 0.1) is 12.1 Å². The van der Waals surface area contributed by atoms with E-state index >= 15 is 0 Å². The summed E-state index contributed by atoms with van der Waals surface area (Å²) in [6.07, 6.45) is 7.88. The first-order chi connectivity index (χ1) is 8.31. The molecule has 0 amide bonds. The van der Waals surface area contributed by atoms with Crippen LogP contribution in [0.25, 0.3) is 0 Å². The molecule has 1 aliphatic rings. The fraction of sp³-hybridized carbons (Fsp3) is 0.769. The largest absolute Gasteiger partial charge is 0.379 e. The molecule has 0 bridgehead atoms. The Bertz CT molecular complexity index is 346. The Morgan fingerprint density at radius 3 is 2.88 bits per heavy atom. The van der Waals surface area contributed by atoms with E-state index in [0.29, 0.717) is 5.92 Å². The first kappa shape index (κ1) is 12.6. The van der Waals surface area contributed by atoms with Gasteiger partial charge in [0.2, 0.25) is 0 Å². The number of ether oxygens (including phenoxy) is 1. The zero-order valence-corrected chi connectivity index (χ0v) is 11.0. The van der Waals surface area contributed by atoms with E-state index in [2.05, 4.69) is 28.0 Å². The highest BCUT2D eigenvalue weighted by molar-refractivity contribution is 5.05. The number of aromatic nitrogens is 2. The van der Waals surface area contributed by atoms with Gasteiger partial charge in [-0.15, -0.1) is 0 Å². The molecule has 17 heavy (non-hydrogen) atoms. The van der Waals surface area contributed by atoms with Crippen molar-refractivity contribution in [3.05, 3.63) is 18.2 Å². The predicted octanol–water partition coefficient (Wildman–Crippen LogP) is 1.98. The van der Waals surface area contributed by atoms with Gasteiger partial charge in [-0.05, 0) is 32.2 Å². The molecule has 0 spiro atoms. The lowest BCUT2D eigenvalue weighted by atomic mass is 10.1. The summed E-state index contributed by atoms with van der Waals surface area (Å²) in [6.45, 7) is 3.21. The second-order valence-corrected chi connectivity index (χ2v) is 4.78. The van der Waals surface area contributed by atoms with Gasteiger partial charge < -0.3 is 14.6 Å². The zero-order valence-electron chi connectivity index (χ0n) is 11.0. The van der Waals surface area contributed by atoms with E-state index < -0.39 is 0 Å². The highest BCUT2D eigenvalue weighted by Crippen LogP contribution is 2.39. The molecule has 1 aromatic rings. The summed E-state index contributed by atoms with van der Waals surface area (Å²) in [6, 6.07) is 0.203. The highest BCUT2D eigenvalue weighted by Gasteiger charge is 2.38. The Labute approximate surface area is 103 Å². The molecule has 2 atom stereocenters. The van der Waals surface area contributed by atoms with Gasteiger partial charge in [0.25, 0.3) is 0 Å². The third kappa shape index (κ3) is 2.69. The molecule has 4 heteroatoms. The highest BCUT2D eigenvalue weighted by atomic mass is 16.5. The normalized spacial score (nSPS) is 19.2. The van der Waals surface area contributed by atoms with Crippen LogP contribution < -0.4 is 5.32 Å². The molecule has 4 nitrogen and oxygen atoms in total. The minimum Gasteiger partial charge on any atom is -0.379 e. The maximum Gasteiger partial charge on any atom is 0.128 e. The first-order valence-electron chi connectivity index (χ1n) is 6.52. The van der Waals surface area contributed by atoms with Crippen molar-refractivity contribution in [2.75, 3.05) is 14.2 Å². The van der Waals surface area contributed by atoms with E-state index in [9.17, 15) is 0 Å². The van der Waals surface area contributed by atoms with Crippen molar-refractivity contribution >= 4 is 0 Å². The van der Waals surface area contributed by atoms with Crippen molar-refractivity contribution in [3.63, 3.8) is 0 Å². The lowest BCUT2D eigenvalue weighted by molar-refractivity contribution is 0.0493. The molecule has 0 saturated heterocycles. The van der Waals surface area contributed by atoms with Crippen LogP contribution in [0.15, 0.2) is 12.4 Å². The number of rotatable bonds is 7. The molecule has 1 heterocycles. The Kier molecular flexibility index (Phi) is 4.18. The summed E-state index contributed by atoms with van der Waals surface area (Å²) >= 11 is 0. The lowest BCUT2D eigenvalue weighted by Crippen LogP contribution is -2.34. The number of nitrogens with zero attached hydrogens (tertiary/aromatic N) is 2. The third-order valence-electron chi connectivity index (χ3n) is 3.49. The van der Waals surface area contributed by atoms with Gasteiger partial charge in [-0.1, -0.05) is 6.92 Å². The molecule has 1 aliphatic carbocycles. The summed E-state index contributed by atoms with van der Waals surface area (Å²) in [5, 5.41) is 3.37. The van der Waals surface area contributed by atoms with E-state index in [0.717, 1.165) is 18.8 Å². The summed E-state index contributed by atoms with van der Waals surface area (Å²) in [7, 11) is 3.80. The molecule has 1 N–H and O–H groups in total. The minimum atomic E-state index is 0.203. The average Bonchev–Trinajstić information content (AvgIpc) is 3.07. The molecule has 1 saturated carbocycles. The quantitative estimate of drug-likeness (QED) is 0.788. The van der Waals surface area contributed by atoms with Crippen molar-refractivity contribution in [2.45, 2.75) is 44.9 Å². The van der Waals surface area contributed by atoms with Crippen LogP contribution in [0.1, 0.15) is 38.1 Å². The van der Waals surface area contributed by atoms with Crippen LogP contribution in [0, 0.1) is 5.92 Å². The molecule has 2 rings (SSSR count). The van der Waals surface area contributed by atoms with Gasteiger partial charge in [0.1, 0.15) is 5.82 Å². The second kappa shape index (κ2) is 5.65. The Morgan fingerprint density at radius 1 is 1.59 bits per heavy atom. The van der Waals surface area contributed by atoms with E-state index in [1.54, 1.807) is 7.11 Å². The van der Waals surface area contributed by atoms with Gasteiger partial charge in [-0.2, -0.15) is 0 Å². The molecule has 0 aliphatic heterocycles. The summed E-state index contributed by atoms with van der Waals surface area (Å²) in [5.41, 5.74) is 0. The van der Waals surface area contributed by atoms with Crippen LogP contribution >= 0.6 is 0 Å². The fourth-order valence-electron chi connectivity index (χ4n) is 2.50. The molecule has 1 fully saturated rings. The fourth-order valence-corrected chi connectivity index (χ4v) is 2.50. The van der Waals surface area contributed by atoms with Gasteiger partial charge in [-0.3, -0.25) is 0 Å². The summed E-state index contributed by atoms with van der Waals surface area (Å²) in [4.78, 5) is 4.51. The number of methoxy groups -OCH3 is 1.